The van der Waals surface area contributed by atoms with Crippen LogP contribution in [0.25, 0.3) is 11.3 Å². The van der Waals surface area contributed by atoms with Crippen molar-refractivity contribution in [2.45, 2.75) is 109 Å². The molecule has 0 bridgehead atoms. The van der Waals surface area contributed by atoms with E-state index in [-0.39, 0.29) is 51.4 Å². The van der Waals surface area contributed by atoms with E-state index in [0.717, 1.165) is 31.2 Å². The van der Waals surface area contributed by atoms with Crippen LogP contribution in [0.2, 0.25) is 5.02 Å². The number of benzene rings is 4. The summed E-state index contributed by atoms with van der Waals surface area (Å²) in [6.07, 6.45) is 14.2. The highest BCUT2D eigenvalue weighted by Gasteiger charge is 2.35. The molecule has 330 valence electrons. The van der Waals surface area contributed by atoms with Crippen LogP contribution in [-0.2, 0) is 21.4 Å². The quantitative estimate of drug-likeness (QED) is 0.0229. The fourth-order valence-electron chi connectivity index (χ4n) is 7.23. The maximum Gasteiger partial charge on any atom is 0.335 e. The molecule has 1 heterocycles. The van der Waals surface area contributed by atoms with E-state index in [2.05, 4.69) is 21.9 Å². The van der Waals surface area contributed by atoms with Crippen molar-refractivity contribution in [1.29, 1.82) is 0 Å². The molecule has 1 atom stereocenters. The van der Waals surface area contributed by atoms with Crippen molar-refractivity contribution >= 4 is 50.7 Å². The standard InChI is InChI=1S/C48H57ClN4O8S/c1-2-3-4-5-6-7-8-9-10-11-12-13-14-21-32-62(59,60)52-38-28-31-40(49)41(33-38)50-46(55)45(61-39-29-26-37(27-30-39)47(56)57)44(54)42-43(36-24-19-16-20-25-36)53(48(58)51-42)34-35-22-17-15-18-23-35/h15-20,22-31,33,45,52H,2-14,21,32,34H2,1H3,(H,50,55)(H,51,58)(H,56,57). The van der Waals surface area contributed by atoms with E-state index in [1.54, 1.807) is 30.3 Å². The highest BCUT2D eigenvalue weighted by atomic mass is 35.5. The Morgan fingerprint density at radius 3 is 1.90 bits per heavy atom. The molecule has 5 aromatic rings. The first-order chi connectivity index (χ1) is 30.0. The number of H-pyrrole nitrogens is 1. The lowest BCUT2D eigenvalue weighted by Crippen LogP contribution is -2.40. The molecule has 1 amide bonds. The van der Waals surface area contributed by atoms with Gasteiger partial charge in [0.25, 0.3) is 5.91 Å². The number of carbonyl (C=O) groups excluding carboxylic acids is 2. The molecule has 1 unspecified atom stereocenters. The molecule has 5 rings (SSSR count). The predicted molar refractivity (Wildman–Crippen MR) is 246 cm³/mol. The highest BCUT2D eigenvalue weighted by Crippen LogP contribution is 2.29. The largest absolute Gasteiger partial charge is 0.478 e. The SMILES string of the molecule is CCCCCCCCCCCCCCCCS(=O)(=O)Nc1ccc(Cl)c(NC(=O)C(Oc2ccc(C(=O)O)cc2)C(=O)c2[nH]c(=O)n(Cc3ccccc3)c2-c2ccccc2)c1. The Bertz CT molecular complexity index is 2380. The Morgan fingerprint density at radius 1 is 0.758 bits per heavy atom. The Hall–Kier alpha value is -5.66. The molecule has 62 heavy (non-hydrogen) atoms. The number of ketones is 1. The third-order valence-corrected chi connectivity index (χ3v) is 12.3. The fraction of sp³-hybridized carbons (Fsp3) is 0.375. The number of aromatic amines is 1. The summed E-state index contributed by atoms with van der Waals surface area (Å²) in [7, 11) is -3.74. The number of ether oxygens (including phenoxy) is 1. The van der Waals surface area contributed by atoms with Crippen LogP contribution in [0, 0.1) is 0 Å². The van der Waals surface area contributed by atoms with Crippen molar-refractivity contribution in [3.8, 4) is 17.0 Å². The van der Waals surface area contributed by atoms with Crippen LogP contribution in [0.5, 0.6) is 5.75 Å². The zero-order valence-corrected chi connectivity index (χ0v) is 36.8. The summed E-state index contributed by atoms with van der Waals surface area (Å²) in [5.74, 6) is -3.17. The number of anilines is 2. The number of halogens is 1. The van der Waals surface area contributed by atoms with Crippen LogP contribution in [0.4, 0.5) is 11.4 Å². The van der Waals surface area contributed by atoms with Crippen LogP contribution >= 0.6 is 11.6 Å². The number of aromatic carboxylic acids is 1. The van der Waals surface area contributed by atoms with E-state index in [4.69, 9.17) is 16.3 Å². The Morgan fingerprint density at radius 2 is 1.32 bits per heavy atom. The van der Waals surface area contributed by atoms with E-state index in [1.165, 1.54) is 105 Å². The van der Waals surface area contributed by atoms with Crippen LogP contribution in [-0.4, -0.2) is 52.6 Å². The number of amides is 1. The van der Waals surface area contributed by atoms with Gasteiger partial charge in [0, 0.05) is 5.56 Å². The number of imidazole rings is 1. The number of carboxylic acids is 1. The number of nitrogens with one attached hydrogen (secondary N) is 3. The molecule has 12 nitrogen and oxygen atoms in total. The maximum atomic E-state index is 14.6. The summed E-state index contributed by atoms with van der Waals surface area (Å²) in [4.78, 5) is 56.5. The number of Topliss-reactive ketones (excluding diaryl/α,β-unsaturated/α-hetero) is 1. The number of hydrogen-bond donors (Lipinski definition) is 4. The van der Waals surface area contributed by atoms with E-state index in [0.29, 0.717) is 12.0 Å². The summed E-state index contributed by atoms with van der Waals surface area (Å²) >= 11 is 6.50. The minimum atomic E-state index is -3.74. The van der Waals surface area contributed by atoms with Gasteiger partial charge in [0.05, 0.1) is 40.0 Å². The second-order valence-corrected chi connectivity index (χ2v) is 17.7. The van der Waals surface area contributed by atoms with Crippen molar-refractivity contribution in [1.82, 2.24) is 9.55 Å². The lowest BCUT2D eigenvalue weighted by molar-refractivity contribution is -0.120. The topological polar surface area (TPSA) is 177 Å². The Labute approximate surface area is 369 Å². The van der Waals surface area contributed by atoms with Gasteiger partial charge in [-0.3, -0.25) is 18.9 Å². The third-order valence-electron chi connectivity index (χ3n) is 10.6. The normalized spacial score (nSPS) is 11.8. The zero-order valence-electron chi connectivity index (χ0n) is 35.2. The summed E-state index contributed by atoms with van der Waals surface area (Å²) < 4.78 is 36.1. The first-order valence-corrected chi connectivity index (χ1v) is 23.6. The fourth-order valence-corrected chi connectivity index (χ4v) is 8.57. The van der Waals surface area contributed by atoms with Gasteiger partial charge in [-0.05, 0) is 54.4 Å². The van der Waals surface area contributed by atoms with Crippen LogP contribution in [0.3, 0.4) is 0 Å². The molecule has 14 heteroatoms. The Balaban J connectivity index is 1.27. The van der Waals surface area contributed by atoms with E-state index in [9.17, 15) is 32.7 Å². The predicted octanol–water partition coefficient (Wildman–Crippen LogP) is 10.7. The van der Waals surface area contributed by atoms with Crippen molar-refractivity contribution in [3.63, 3.8) is 0 Å². The first-order valence-electron chi connectivity index (χ1n) is 21.5. The summed E-state index contributed by atoms with van der Waals surface area (Å²) in [6, 6.07) is 27.3. The van der Waals surface area contributed by atoms with Crippen molar-refractivity contribution < 1.29 is 32.6 Å². The second kappa shape index (κ2) is 24.1. The third kappa shape index (κ3) is 14.5. The molecule has 0 saturated heterocycles. The van der Waals surface area contributed by atoms with Gasteiger partial charge in [0.2, 0.25) is 21.9 Å². The number of sulfonamides is 1. The van der Waals surface area contributed by atoms with Gasteiger partial charge >= 0.3 is 11.7 Å². The molecular weight excluding hydrogens is 828 g/mol. The monoisotopic (exact) mass is 884 g/mol. The van der Waals surface area contributed by atoms with E-state index < -0.39 is 39.5 Å². The lowest BCUT2D eigenvalue weighted by Gasteiger charge is -2.19. The molecule has 0 fully saturated rings. The van der Waals surface area contributed by atoms with Gasteiger partial charge in [-0.15, -0.1) is 0 Å². The zero-order chi connectivity index (χ0) is 44.3. The number of nitrogens with zero attached hydrogens (tertiary/aromatic N) is 1. The average Bonchev–Trinajstić information content (AvgIpc) is 3.59. The molecular formula is C48H57ClN4O8S. The van der Waals surface area contributed by atoms with Crippen LogP contribution in [0.1, 0.15) is 123 Å². The van der Waals surface area contributed by atoms with Gasteiger partial charge in [0.15, 0.2) is 0 Å². The molecule has 4 N–H and O–H groups in total. The number of hydrogen-bond acceptors (Lipinski definition) is 7. The molecule has 0 radical (unpaired) electrons. The van der Waals surface area contributed by atoms with E-state index in [1.807, 2.05) is 30.3 Å². The van der Waals surface area contributed by atoms with Gasteiger partial charge in [-0.2, -0.15) is 0 Å². The molecule has 0 aliphatic heterocycles. The summed E-state index contributed by atoms with van der Waals surface area (Å²) in [5.41, 5.74) is 0.833. The smallest absolute Gasteiger partial charge is 0.335 e. The van der Waals surface area contributed by atoms with E-state index >= 15 is 0 Å². The first kappa shape index (κ1) is 47.4. The van der Waals surface area contributed by atoms with Gasteiger partial charge in [0.1, 0.15) is 11.4 Å². The van der Waals surface area contributed by atoms with Gasteiger partial charge in [-0.25, -0.2) is 18.0 Å². The van der Waals surface area contributed by atoms with Crippen molar-refractivity contribution in [2.75, 3.05) is 15.8 Å². The highest BCUT2D eigenvalue weighted by molar-refractivity contribution is 7.92. The molecule has 0 aliphatic carbocycles. The molecule has 0 saturated carbocycles. The molecule has 0 aliphatic rings. The van der Waals surface area contributed by atoms with Crippen molar-refractivity contribution in [2.24, 2.45) is 0 Å². The minimum Gasteiger partial charge on any atom is -0.478 e. The maximum absolute atomic E-state index is 14.6. The molecule has 4 aromatic carbocycles. The van der Waals surface area contributed by atoms with Crippen LogP contribution < -0.4 is 20.5 Å². The number of rotatable bonds is 27. The van der Waals surface area contributed by atoms with Gasteiger partial charge < -0.3 is 20.1 Å². The summed E-state index contributed by atoms with van der Waals surface area (Å²) in [6.45, 7) is 2.34. The number of carboxylic acid groups (broad SMARTS) is 1. The van der Waals surface area contributed by atoms with Crippen LogP contribution in [0.15, 0.2) is 108 Å². The minimum absolute atomic E-state index is 0.00518. The number of aromatic nitrogens is 2. The summed E-state index contributed by atoms with van der Waals surface area (Å²) in [5, 5.41) is 12.1. The van der Waals surface area contributed by atoms with Crippen molar-refractivity contribution in [3.05, 3.63) is 135 Å². The molecule has 1 aromatic heterocycles. The lowest BCUT2D eigenvalue weighted by atomic mass is 10.0. The average molecular weight is 886 g/mol. The van der Waals surface area contributed by atoms with Gasteiger partial charge in [-0.1, -0.05) is 163 Å². The second-order valence-electron chi connectivity index (χ2n) is 15.5. The Kier molecular flexibility index (Phi) is 18.4. The number of carbonyl (C=O) groups is 3. The number of unbranched alkanes of at least 4 members (excludes halogenated alkanes) is 13. The molecule has 0 spiro atoms.